The van der Waals surface area contributed by atoms with Gasteiger partial charge in [-0.3, -0.25) is 19.2 Å². The molecule has 3 aromatic carbocycles. The molecule has 1 aliphatic rings. The van der Waals surface area contributed by atoms with Crippen molar-refractivity contribution in [3.05, 3.63) is 102 Å². The van der Waals surface area contributed by atoms with Gasteiger partial charge in [0.05, 0.1) is 17.1 Å². The van der Waals surface area contributed by atoms with Crippen molar-refractivity contribution in [2.75, 3.05) is 33.3 Å². The number of carbonyl (C=O) groups is 5. The number of nitrogens with one attached hydrogen (secondary N) is 3. The predicted molar refractivity (Wildman–Crippen MR) is 198 cm³/mol. The van der Waals surface area contributed by atoms with E-state index in [9.17, 15) is 29.1 Å². The summed E-state index contributed by atoms with van der Waals surface area (Å²) in [5.41, 5.74) is 4.05. The molecule has 1 aliphatic heterocycles. The first-order chi connectivity index (χ1) is 24.9. The fraction of sp³-hybridized carbons (Fsp3) is 0.237. The molecule has 0 saturated heterocycles. The van der Waals surface area contributed by atoms with Crippen LogP contribution in [0.5, 0.6) is 5.75 Å². The van der Waals surface area contributed by atoms with Crippen molar-refractivity contribution >= 4 is 74.7 Å². The van der Waals surface area contributed by atoms with E-state index in [1.165, 1.54) is 34.4 Å². The third-order valence-corrected chi connectivity index (χ3v) is 9.21. The second-order valence-electron chi connectivity index (χ2n) is 12.6. The first kappa shape index (κ1) is 35.7. The zero-order valence-corrected chi connectivity index (χ0v) is 29.5. The zero-order valence-electron chi connectivity index (χ0n) is 28.7. The van der Waals surface area contributed by atoms with Crippen LogP contribution in [0.4, 0.5) is 22.7 Å². The third-order valence-electron chi connectivity index (χ3n) is 8.84. The van der Waals surface area contributed by atoms with Crippen LogP contribution in [0.1, 0.15) is 57.8 Å². The predicted octanol–water partition coefficient (Wildman–Crippen LogP) is 6.09. The first-order valence-electron chi connectivity index (χ1n) is 16.5. The van der Waals surface area contributed by atoms with E-state index in [4.69, 9.17) is 16.3 Å². The van der Waals surface area contributed by atoms with E-state index in [0.717, 1.165) is 21.9 Å². The molecule has 1 unspecified atom stereocenters. The minimum absolute atomic E-state index is 0.0164. The molecule has 3 heterocycles. The Bertz CT molecular complexity index is 2210. The molecule has 4 amide bonds. The molecule has 0 fully saturated rings. The van der Waals surface area contributed by atoms with Gasteiger partial charge in [-0.2, -0.15) is 0 Å². The number of hydrogen-bond donors (Lipinski definition) is 4. The molecule has 4 N–H and O–H groups in total. The van der Waals surface area contributed by atoms with Crippen LogP contribution in [0.3, 0.4) is 0 Å². The van der Waals surface area contributed by atoms with Crippen LogP contribution in [0, 0.1) is 0 Å². The monoisotopic (exact) mass is 724 g/mol. The Morgan fingerprint density at radius 3 is 2.19 bits per heavy atom. The fourth-order valence-corrected chi connectivity index (χ4v) is 6.69. The number of aromatic nitrogens is 2. The van der Waals surface area contributed by atoms with Crippen LogP contribution in [0.2, 0.25) is 0 Å². The molecule has 52 heavy (non-hydrogen) atoms. The first-order valence-corrected chi connectivity index (χ1v) is 17.0. The molecule has 0 radical (unpaired) electrons. The summed E-state index contributed by atoms with van der Waals surface area (Å²) in [7, 11) is 3.20. The number of anilines is 4. The molecule has 0 spiro atoms. The van der Waals surface area contributed by atoms with Gasteiger partial charge >= 0.3 is 5.97 Å². The molecule has 5 aromatic rings. The third kappa shape index (κ3) is 7.64. The number of fused-ring (bicyclic) bond motifs is 3. The lowest BCUT2D eigenvalue weighted by molar-refractivity contribution is -0.122. The summed E-state index contributed by atoms with van der Waals surface area (Å²) in [6, 6.07) is 19.9. The van der Waals surface area contributed by atoms with E-state index in [0.29, 0.717) is 35.0 Å². The van der Waals surface area contributed by atoms with Crippen LogP contribution in [0.25, 0.3) is 10.8 Å². The number of benzene rings is 3. The highest BCUT2D eigenvalue weighted by Gasteiger charge is 2.35. The Morgan fingerprint density at radius 2 is 1.52 bits per heavy atom. The maximum atomic E-state index is 13.7. The van der Waals surface area contributed by atoms with Gasteiger partial charge in [0.2, 0.25) is 17.7 Å². The second-order valence-corrected chi connectivity index (χ2v) is 12.9. The van der Waals surface area contributed by atoms with Crippen LogP contribution in [-0.4, -0.2) is 56.3 Å². The van der Waals surface area contributed by atoms with Gasteiger partial charge in [0.1, 0.15) is 23.7 Å². The number of hydrogen-bond acceptors (Lipinski definition) is 6. The smallest absolute Gasteiger partial charge is 0.352 e. The van der Waals surface area contributed by atoms with Gasteiger partial charge in [0.25, 0.3) is 5.91 Å². The highest BCUT2D eigenvalue weighted by atomic mass is 35.5. The Hall–Kier alpha value is -6.08. The number of aromatic carboxylic acids is 1. The van der Waals surface area contributed by atoms with Crippen LogP contribution < -0.4 is 25.6 Å². The van der Waals surface area contributed by atoms with Gasteiger partial charge in [-0.05, 0) is 40.8 Å². The normalized spacial score (nSPS) is 13.5. The number of ether oxygens (including phenoxy) is 1. The average Bonchev–Trinajstić information content (AvgIpc) is 3.79. The van der Waals surface area contributed by atoms with Crippen molar-refractivity contribution in [1.29, 1.82) is 0 Å². The van der Waals surface area contributed by atoms with Gasteiger partial charge in [0, 0.05) is 81.7 Å². The summed E-state index contributed by atoms with van der Waals surface area (Å²) in [5, 5.41) is 19.2. The Morgan fingerprint density at radius 1 is 0.827 bits per heavy atom. The molecule has 0 saturated carbocycles. The molecule has 14 heteroatoms. The number of aryl methyl sites for hydroxylation is 2. The summed E-state index contributed by atoms with van der Waals surface area (Å²) in [6.07, 6.45) is 2.87. The van der Waals surface area contributed by atoms with E-state index >= 15 is 0 Å². The van der Waals surface area contributed by atoms with E-state index < -0.39 is 17.8 Å². The average molecular weight is 725 g/mol. The number of carboxylic acids is 1. The summed E-state index contributed by atoms with van der Waals surface area (Å²) in [4.78, 5) is 64.5. The molecule has 2 aromatic heterocycles. The van der Waals surface area contributed by atoms with Crippen LogP contribution in [-0.2, 0) is 35.1 Å². The number of alkyl halides is 1. The number of nitrogens with zero attached hydrogens (tertiary/aromatic N) is 3. The molecule has 6 rings (SSSR count). The lowest BCUT2D eigenvalue weighted by atomic mass is 9.95. The van der Waals surface area contributed by atoms with Crippen molar-refractivity contribution in [3.8, 4) is 5.75 Å². The Labute approximate surface area is 304 Å². The number of carbonyl (C=O) groups excluding carboxylic acids is 4. The number of rotatable bonds is 12. The summed E-state index contributed by atoms with van der Waals surface area (Å²) < 4.78 is 9.25. The van der Waals surface area contributed by atoms with Crippen molar-refractivity contribution in [2.24, 2.45) is 14.1 Å². The number of halogens is 1. The van der Waals surface area contributed by atoms with E-state index in [2.05, 4.69) is 16.0 Å². The molecule has 13 nitrogen and oxygen atoms in total. The largest absolute Gasteiger partial charge is 0.488 e. The minimum atomic E-state index is -1.12. The number of amides is 4. The number of carboxylic acid groups (broad SMARTS) is 1. The molecule has 0 aliphatic carbocycles. The van der Waals surface area contributed by atoms with Gasteiger partial charge in [-0.15, -0.1) is 11.6 Å². The van der Waals surface area contributed by atoms with Gasteiger partial charge < -0.3 is 39.8 Å². The molecular weight excluding hydrogens is 688 g/mol. The van der Waals surface area contributed by atoms with Gasteiger partial charge in [-0.25, -0.2) is 4.79 Å². The quantitative estimate of drug-likeness (QED) is 0.113. The maximum Gasteiger partial charge on any atom is 0.352 e. The summed E-state index contributed by atoms with van der Waals surface area (Å²) >= 11 is 6.46. The SMILES string of the molecule is CC(=O)Nc1ccc2c3c(cc(OCc4ccccc4)c2c1)N(C(=O)CCC(=O)Nc1cc(C(=O)Nc2cc(C(=O)O)n(C)c2)n(C)c1)CC3CCl. The van der Waals surface area contributed by atoms with E-state index in [1.807, 2.05) is 48.5 Å². The topological polar surface area (TPSA) is 164 Å². The maximum absolute atomic E-state index is 13.7. The van der Waals surface area contributed by atoms with Crippen molar-refractivity contribution < 1.29 is 33.8 Å². The van der Waals surface area contributed by atoms with Crippen LogP contribution >= 0.6 is 11.6 Å². The van der Waals surface area contributed by atoms with E-state index in [1.54, 1.807) is 31.3 Å². The Balaban J connectivity index is 1.17. The van der Waals surface area contributed by atoms with Crippen LogP contribution in [0.15, 0.2) is 79.1 Å². The summed E-state index contributed by atoms with van der Waals surface area (Å²) in [5.74, 6) is -1.87. The molecule has 0 bridgehead atoms. The van der Waals surface area contributed by atoms with E-state index in [-0.39, 0.29) is 54.4 Å². The zero-order chi connectivity index (χ0) is 37.1. The van der Waals surface area contributed by atoms with Crippen molar-refractivity contribution in [2.45, 2.75) is 32.3 Å². The highest BCUT2D eigenvalue weighted by molar-refractivity contribution is 6.19. The minimum Gasteiger partial charge on any atom is -0.488 e. The highest BCUT2D eigenvalue weighted by Crippen LogP contribution is 2.46. The van der Waals surface area contributed by atoms with Crippen molar-refractivity contribution in [3.63, 3.8) is 0 Å². The fourth-order valence-electron chi connectivity index (χ4n) is 6.44. The second kappa shape index (κ2) is 15.0. The molecular formula is C38H37ClN6O7. The van der Waals surface area contributed by atoms with Crippen molar-refractivity contribution in [1.82, 2.24) is 9.13 Å². The Kier molecular flexibility index (Phi) is 10.3. The lowest BCUT2D eigenvalue weighted by Crippen LogP contribution is -2.30. The standard InChI is InChI=1S/C38H37ClN6O7/c1-22(46)40-25-9-10-28-29(13-25)33(52-21-23-7-5-4-6-8-23)16-30-36(28)24(17-39)18-45(30)35(48)12-11-34(47)41-26-14-31(43(2)19-26)37(49)42-27-15-32(38(50)51)44(3)20-27/h4-10,13-16,19-20,24H,11-12,17-18,21H2,1-3H3,(H,40,46)(H,41,47)(H,42,49)(H,50,51). The molecule has 1 atom stereocenters. The lowest BCUT2D eigenvalue weighted by Gasteiger charge is -2.20. The van der Waals surface area contributed by atoms with Gasteiger partial charge in [0.15, 0.2) is 0 Å². The molecule has 268 valence electrons. The summed E-state index contributed by atoms with van der Waals surface area (Å²) in [6.45, 7) is 2.06. The van der Waals surface area contributed by atoms with Gasteiger partial charge in [-0.1, -0.05) is 36.4 Å².